The fourth-order valence-corrected chi connectivity index (χ4v) is 5.58. The van der Waals surface area contributed by atoms with Crippen LogP contribution < -0.4 is 19.6 Å². The lowest BCUT2D eigenvalue weighted by Crippen LogP contribution is -2.39. The molecule has 0 unspecified atom stereocenters. The zero-order chi connectivity index (χ0) is 26.0. The van der Waals surface area contributed by atoms with E-state index in [4.69, 9.17) is 39.1 Å². The normalized spacial score (nSPS) is 15.2. The molecule has 0 saturated heterocycles. The third-order valence-corrected chi connectivity index (χ3v) is 7.07. The van der Waals surface area contributed by atoms with E-state index in [2.05, 4.69) is 10.9 Å². The standard InChI is InChI=1S/C27H22Cl2N2O4S/c1-5-11-35-24-19(28)12-17(13-20(24)29)14-21-25(32)31-23(18-9-7-15(3)8-10-18)22(26(33)34-6-2)16(4)30-27(31)36-21/h1,7-10,12-14,23H,6,11H2,2-4H3/b21-14+/t23-/m0/s1. The Morgan fingerprint density at radius 3 is 2.50 bits per heavy atom. The summed E-state index contributed by atoms with van der Waals surface area (Å²) in [4.78, 5) is 31.7. The number of aromatic nitrogens is 1. The topological polar surface area (TPSA) is 69.9 Å². The number of aryl methyl sites for hydroxylation is 1. The number of esters is 1. The first kappa shape index (κ1) is 25.8. The molecule has 9 heteroatoms. The van der Waals surface area contributed by atoms with Crippen LogP contribution in [0.15, 0.2) is 57.5 Å². The number of carbonyl (C=O) groups is 1. The summed E-state index contributed by atoms with van der Waals surface area (Å²) in [5, 5.41) is 0.546. The highest BCUT2D eigenvalue weighted by Gasteiger charge is 2.33. The SMILES string of the molecule is C#CCOc1c(Cl)cc(/C=c2/sc3n(c2=O)[C@@H](c2ccc(C)cc2)C(C(=O)OCC)=C(C)N=3)cc1Cl. The van der Waals surface area contributed by atoms with Gasteiger partial charge in [0.2, 0.25) is 0 Å². The molecule has 2 heterocycles. The van der Waals surface area contributed by atoms with Crippen molar-refractivity contribution in [3.05, 3.63) is 94.1 Å². The van der Waals surface area contributed by atoms with Crippen LogP contribution in [-0.4, -0.2) is 23.8 Å². The zero-order valence-corrected chi connectivity index (χ0v) is 22.1. The molecule has 0 fully saturated rings. The predicted octanol–water partition coefficient (Wildman–Crippen LogP) is 4.43. The first-order valence-corrected chi connectivity index (χ1v) is 12.6. The van der Waals surface area contributed by atoms with Crippen molar-refractivity contribution in [2.75, 3.05) is 13.2 Å². The molecule has 0 bridgehead atoms. The Morgan fingerprint density at radius 1 is 1.22 bits per heavy atom. The van der Waals surface area contributed by atoms with Crippen LogP contribution in [-0.2, 0) is 9.53 Å². The van der Waals surface area contributed by atoms with Gasteiger partial charge in [-0.15, -0.1) is 6.42 Å². The molecule has 1 aliphatic heterocycles. The smallest absolute Gasteiger partial charge is 0.338 e. The Labute approximate surface area is 222 Å². The van der Waals surface area contributed by atoms with Gasteiger partial charge in [-0.05, 0) is 50.1 Å². The third kappa shape index (κ3) is 4.98. The lowest BCUT2D eigenvalue weighted by atomic mass is 9.95. The predicted molar refractivity (Wildman–Crippen MR) is 142 cm³/mol. The molecule has 184 valence electrons. The summed E-state index contributed by atoms with van der Waals surface area (Å²) < 4.78 is 12.7. The summed E-state index contributed by atoms with van der Waals surface area (Å²) in [6.07, 6.45) is 6.93. The molecule has 1 aromatic heterocycles. The summed E-state index contributed by atoms with van der Waals surface area (Å²) in [5.74, 6) is 2.15. The molecular weight excluding hydrogens is 519 g/mol. The van der Waals surface area contributed by atoms with Gasteiger partial charge < -0.3 is 9.47 Å². The summed E-state index contributed by atoms with van der Waals surface area (Å²) in [7, 11) is 0. The number of carbonyl (C=O) groups excluding carboxylic acids is 1. The largest absolute Gasteiger partial charge is 0.478 e. The summed E-state index contributed by atoms with van der Waals surface area (Å²) in [6, 6.07) is 10.3. The van der Waals surface area contributed by atoms with E-state index < -0.39 is 12.0 Å². The second-order valence-corrected chi connectivity index (χ2v) is 9.84. The highest BCUT2D eigenvalue weighted by atomic mass is 35.5. The van der Waals surface area contributed by atoms with Gasteiger partial charge in [0, 0.05) is 0 Å². The number of benzene rings is 2. The van der Waals surface area contributed by atoms with Gasteiger partial charge in [0.15, 0.2) is 10.6 Å². The van der Waals surface area contributed by atoms with E-state index >= 15 is 0 Å². The van der Waals surface area contributed by atoms with Crippen molar-refractivity contribution >= 4 is 46.6 Å². The number of rotatable bonds is 6. The monoisotopic (exact) mass is 540 g/mol. The minimum atomic E-state index is -0.672. The van der Waals surface area contributed by atoms with Crippen LogP contribution in [0.5, 0.6) is 5.75 Å². The number of thiazole rings is 1. The number of allylic oxidation sites excluding steroid dienone is 1. The van der Waals surface area contributed by atoms with Crippen molar-refractivity contribution in [1.82, 2.24) is 4.57 Å². The van der Waals surface area contributed by atoms with E-state index in [9.17, 15) is 9.59 Å². The van der Waals surface area contributed by atoms with E-state index in [1.807, 2.05) is 31.2 Å². The maximum atomic E-state index is 13.7. The second kappa shape index (κ2) is 10.8. The first-order chi connectivity index (χ1) is 17.2. The fourth-order valence-electron chi connectivity index (χ4n) is 3.92. The first-order valence-electron chi connectivity index (χ1n) is 11.1. The molecule has 2 aromatic carbocycles. The van der Waals surface area contributed by atoms with E-state index in [0.717, 1.165) is 11.1 Å². The van der Waals surface area contributed by atoms with Gasteiger partial charge in [-0.1, -0.05) is 70.3 Å². The van der Waals surface area contributed by atoms with E-state index in [1.165, 1.54) is 15.9 Å². The Hall–Kier alpha value is -3.31. The number of nitrogens with zero attached hydrogens (tertiary/aromatic N) is 2. The van der Waals surface area contributed by atoms with E-state index in [0.29, 0.717) is 26.2 Å². The lowest BCUT2D eigenvalue weighted by molar-refractivity contribution is -0.139. The molecular formula is C27H22Cl2N2O4S. The molecule has 0 aliphatic carbocycles. The molecule has 36 heavy (non-hydrogen) atoms. The quantitative estimate of drug-likeness (QED) is 0.342. The maximum Gasteiger partial charge on any atom is 0.338 e. The molecule has 1 aliphatic rings. The minimum absolute atomic E-state index is 0.0263. The van der Waals surface area contributed by atoms with Crippen molar-refractivity contribution in [2.24, 2.45) is 4.99 Å². The van der Waals surface area contributed by atoms with Gasteiger partial charge in [-0.25, -0.2) is 9.79 Å². The molecule has 1 atom stereocenters. The summed E-state index contributed by atoms with van der Waals surface area (Å²) in [6.45, 7) is 5.70. The Morgan fingerprint density at radius 2 is 1.89 bits per heavy atom. The molecule has 0 amide bonds. The highest BCUT2D eigenvalue weighted by molar-refractivity contribution is 7.07. The Kier molecular flexibility index (Phi) is 7.70. The van der Waals surface area contributed by atoms with Gasteiger partial charge in [-0.3, -0.25) is 9.36 Å². The fraction of sp³-hybridized carbons (Fsp3) is 0.222. The lowest BCUT2D eigenvalue weighted by Gasteiger charge is -2.24. The van der Waals surface area contributed by atoms with Crippen molar-refractivity contribution in [1.29, 1.82) is 0 Å². The van der Waals surface area contributed by atoms with Crippen molar-refractivity contribution in [2.45, 2.75) is 26.8 Å². The van der Waals surface area contributed by atoms with Gasteiger partial charge in [0.1, 0.15) is 6.61 Å². The third-order valence-electron chi connectivity index (χ3n) is 5.53. The molecule has 3 aromatic rings. The maximum absolute atomic E-state index is 13.7. The van der Waals surface area contributed by atoms with Crippen molar-refractivity contribution in [3.63, 3.8) is 0 Å². The van der Waals surface area contributed by atoms with E-state index in [1.54, 1.807) is 32.1 Å². The van der Waals surface area contributed by atoms with E-state index in [-0.39, 0.29) is 34.6 Å². The van der Waals surface area contributed by atoms with Crippen LogP contribution in [0.2, 0.25) is 10.0 Å². The van der Waals surface area contributed by atoms with Gasteiger partial charge in [-0.2, -0.15) is 0 Å². The average molecular weight is 541 g/mol. The number of hydrogen-bond donors (Lipinski definition) is 0. The molecule has 0 radical (unpaired) electrons. The number of fused-ring (bicyclic) bond motifs is 1. The van der Waals surface area contributed by atoms with Crippen molar-refractivity contribution < 1.29 is 14.3 Å². The number of terminal acetylenes is 1. The van der Waals surface area contributed by atoms with Crippen LogP contribution in [0, 0.1) is 19.3 Å². The molecule has 0 saturated carbocycles. The van der Waals surface area contributed by atoms with Crippen molar-refractivity contribution in [3.8, 4) is 18.1 Å². The van der Waals surface area contributed by atoms with Gasteiger partial charge in [0.05, 0.1) is 38.5 Å². The second-order valence-electron chi connectivity index (χ2n) is 8.02. The average Bonchev–Trinajstić information content (AvgIpc) is 3.12. The molecule has 0 spiro atoms. The molecule has 6 nitrogen and oxygen atoms in total. The van der Waals surface area contributed by atoms with Crippen LogP contribution in [0.3, 0.4) is 0 Å². The molecule has 0 N–H and O–H groups in total. The Bertz CT molecular complexity index is 1570. The van der Waals surface area contributed by atoms with Crippen LogP contribution in [0.25, 0.3) is 6.08 Å². The summed E-state index contributed by atoms with van der Waals surface area (Å²) in [5.41, 5.74) is 3.00. The Balaban J connectivity index is 1.89. The van der Waals surface area contributed by atoms with Gasteiger partial charge in [0.25, 0.3) is 5.56 Å². The number of hydrogen-bond acceptors (Lipinski definition) is 6. The van der Waals surface area contributed by atoms with Crippen LogP contribution >= 0.6 is 34.5 Å². The zero-order valence-electron chi connectivity index (χ0n) is 19.8. The van der Waals surface area contributed by atoms with Crippen LogP contribution in [0.4, 0.5) is 0 Å². The number of halogens is 2. The summed E-state index contributed by atoms with van der Waals surface area (Å²) >= 11 is 13.9. The van der Waals surface area contributed by atoms with Crippen LogP contribution in [0.1, 0.15) is 36.6 Å². The molecule has 4 rings (SSSR count). The van der Waals surface area contributed by atoms with Gasteiger partial charge >= 0.3 is 5.97 Å². The number of ether oxygens (including phenoxy) is 2. The minimum Gasteiger partial charge on any atom is -0.478 e. The highest BCUT2D eigenvalue weighted by Crippen LogP contribution is 2.34.